The second kappa shape index (κ2) is 8.48. The summed E-state index contributed by atoms with van der Waals surface area (Å²) < 4.78 is 10.8. The molecule has 4 rings (SSSR count). The highest BCUT2D eigenvalue weighted by atomic mass is 16.3. The first kappa shape index (κ1) is 24.4. The van der Waals surface area contributed by atoms with E-state index in [1.807, 2.05) is 53.7 Å². The van der Waals surface area contributed by atoms with Crippen LogP contribution in [0, 0.1) is 0 Å². The molecule has 1 atom stereocenters. The van der Waals surface area contributed by atoms with Crippen molar-refractivity contribution in [1.82, 2.24) is 4.90 Å². The normalized spacial score (nSPS) is 16.9. The zero-order valence-corrected chi connectivity index (χ0v) is 20.9. The fourth-order valence-electron chi connectivity index (χ4n) is 4.46. The van der Waals surface area contributed by atoms with Crippen LogP contribution >= 0.6 is 0 Å². The molecule has 1 unspecified atom stereocenters. The Morgan fingerprint density at radius 2 is 1.51 bits per heavy atom. The number of hydrogen-bond acceptors (Lipinski definition) is 6. The molecule has 1 aliphatic rings. The second-order valence-corrected chi connectivity index (χ2v) is 10.9. The Bertz CT molecular complexity index is 1250. The number of carbonyl (C=O) groups excluding carboxylic acids is 2. The Morgan fingerprint density at radius 3 is 2.00 bits per heavy atom. The zero-order valence-electron chi connectivity index (χ0n) is 20.9. The van der Waals surface area contributed by atoms with E-state index in [2.05, 4.69) is 0 Å². The van der Waals surface area contributed by atoms with E-state index in [-0.39, 0.29) is 23.6 Å². The van der Waals surface area contributed by atoms with E-state index in [1.54, 1.807) is 18.2 Å². The van der Waals surface area contributed by atoms with Crippen molar-refractivity contribution < 1.29 is 28.6 Å². The van der Waals surface area contributed by atoms with Crippen LogP contribution in [-0.4, -0.2) is 26.8 Å². The van der Waals surface area contributed by atoms with Gasteiger partial charge in [0, 0.05) is 0 Å². The summed E-state index contributed by atoms with van der Waals surface area (Å²) >= 11 is 0. The summed E-state index contributed by atoms with van der Waals surface area (Å²) in [6.07, 6.45) is 2.87. The van der Waals surface area contributed by atoms with Gasteiger partial charge in [-0.1, -0.05) is 41.5 Å². The Hall–Kier alpha value is -3.74. The third kappa shape index (κ3) is 4.38. The van der Waals surface area contributed by atoms with Crippen LogP contribution in [0.4, 0.5) is 0 Å². The van der Waals surface area contributed by atoms with Gasteiger partial charge in [-0.2, -0.15) is 0 Å². The highest BCUT2D eigenvalue weighted by molar-refractivity contribution is 6.15. The van der Waals surface area contributed by atoms with Crippen molar-refractivity contribution in [3.05, 3.63) is 88.5 Å². The Morgan fingerprint density at radius 1 is 0.943 bits per heavy atom. The third-order valence-corrected chi connectivity index (χ3v) is 6.26. The highest BCUT2D eigenvalue weighted by Gasteiger charge is 2.45. The first-order valence-electron chi connectivity index (χ1n) is 11.5. The monoisotopic (exact) mass is 477 g/mol. The van der Waals surface area contributed by atoms with E-state index in [4.69, 9.17) is 8.83 Å². The fourth-order valence-corrected chi connectivity index (χ4v) is 4.46. The van der Waals surface area contributed by atoms with Gasteiger partial charge in [0.1, 0.15) is 11.5 Å². The van der Waals surface area contributed by atoms with E-state index in [9.17, 15) is 19.8 Å². The van der Waals surface area contributed by atoms with Crippen molar-refractivity contribution in [1.29, 1.82) is 0 Å². The minimum absolute atomic E-state index is 0.0232. The van der Waals surface area contributed by atoms with Crippen LogP contribution in [0.15, 0.2) is 69.1 Å². The number of hydrogen-bond donors (Lipinski definition) is 2. The van der Waals surface area contributed by atoms with Gasteiger partial charge in [-0.25, -0.2) is 0 Å². The Labute approximate surface area is 204 Å². The largest absolute Gasteiger partial charge is 0.507 e. The lowest BCUT2D eigenvalue weighted by Gasteiger charge is -2.32. The SMILES string of the molecule is CC(C)(C)c1cc(C2C(C(=O)c3ccco3)=C(O)C(=O)N2Cc2ccco2)cc(C(C)(C)C)c1O. The lowest BCUT2D eigenvalue weighted by molar-refractivity contribution is -0.130. The summed E-state index contributed by atoms with van der Waals surface area (Å²) in [6.45, 7) is 12.0. The summed E-state index contributed by atoms with van der Waals surface area (Å²) in [4.78, 5) is 28.1. The van der Waals surface area contributed by atoms with E-state index in [1.165, 1.54) is 23.5 Å². The summed E-state index contributed by atoms with van der Waals surface area (Å²) in [6, 6.07) is 9.23. The number of Topliss-reactive ketones (excluding diaryl/α,β-unsaturated/α-hetero) is 1. The molecule has 0 aliphatic carbocycles. The topological polar surface area (TPSA) is 104 Å². The average molecular weight is 478 g/mol. The number of rotatable bonds is 5. The van der Waals surface area contributed by atoms with E-state index >= 15 is 0 Å². The van der Waals surface area contributed by atoms with Gasteiger partial charge >= 0.3 is 0 Å². The summed E-state index contributed by atoms with van der Waals surface area (Å²) in [5, 5.41) is 22.1. The number of phenols is 1. The molecule has 0 radical (unpaired) electrons. The third-order valence-electron chi connectivity index (χ3n) is 6.26. The highest BCUT2D eigenvalue weighted by Crippen LogP contribution is 2.46. The molecule has 0 saturated heterocycles. The molecule has 1 aliphatic heterocycles. The number of carbonyl (C=O) groups is 2. The molecule has 0 bridgehead atoms. The number of aliphatic hydroxyl groups is 1. The number of ketones is 1. The van der Waals surface area contributed by atoms with Gasteiger partial charge in [-0.05, 0) is 63.9 Å². The van der Waals surface area contributed by atoms with Gasteiger partial charge in [0.15, 0.2) is 11.5 Å². The standard InChI is InChI=1S/C28H31NO6/c1-27(2,3)18-13-16(14-19(23(18)30)28(4,5)6)22-21(24(31)20-10-8-12-35-20)25(32)26(33)29(22)15-17-9-7-11-34-17/h7-14,22,30,32H,15H2,1-6H3. The van der Waals surface area contributed by atoms with Gasteiger partial charge in [0.05, 0.1) is 30.7 Å². The Balaban J connectivity index is 1.96. The minimum atomic E-state index is -0.909. The predicted octanol–water partition coefficient (Wildman–Crippen LogP) is 5.95. The molecule has 184 valence electrons. The molecule has 2 N–H and O–H groups in total. The first-order chi connectivity index (χ1) is 16.3. The maximum atomic E-state index is 13.5. The van der Waals surface area contributed by atoms with Crippen molar-refractivity contribution in [2.24, 2.45) is 0 Å². The van der Waals surface area contributed by atoms with Gasteiger partial charge in [0.2, 0.25) is 5.78 Å². The molecule has 0 saturated carbocycles. The van der Waals surface area contributed by atoms with Crippen molar-refractivity contribution in [3.8, 4) is 5.75 Å². The number of amides is 1. The summed E-state index contributed by atoms with van der Waals surface area (Å²) in [7, 11) is 0. The summed E-state index contributed by atoms with van der Waals surface area (Å²) in [5.41, 5.74) is 1.05. The van der Waals surface area contributed by atoms with Crippen molar-refractivity contribution in [2.75, 3.05) is 0 Å². The molecular weight excluding hydrogens is 446 g/mol. The number of nitrogens with zero attached hydrogens (tertiary/aromatic N) is 1. The molecule has 2 aromatic heterocycles. The van der Waals surface area contributed by atoms with Crippen LogP contribution in [0.5, 0.6) is 5.75 Å². The molecular formula is C28H31NO6. The van der Waals surface area contributed by atoms with Gasteiger partial charge in [-0.15, -0.1) is 0 Å². The number of furan rings is 2. The zero-order chi connectivity index (χ0) is 25.7. The van der Waals surface area contributed by atoms with Crippen LogP contribution in [0.2, 0.25) is 0 Å². The van der Waals surface area contributed by atoms with Crippen molar-refractivity contribution in [3.63, 3.8) is 0 Å². The molecule has 3 heterocycles. The smallest absolute Gasteiger partial charge is 0.290 e. The molecule has 0 spiro atoms. The van der Waals surface area contributed by atoms with Crippen molar-refractivity contribution in [2.45, 2.75) is 65.0 Å². The Kier molecular flexibility index (Phi) is 5.91. The quantitative estimate of drug-likeness (QED) is 0.440. The van der Waals surface area contributed by atoms with Gasteiger partial charge in [0.25, 0.3) is 5.91 Å². The minimum Gasteiger partial charge on any atom is -0.507 e. The van der Waals surface area contributed by atoms with E-state index in [0.717, 1.165) is 0 Å². The number of phenolic OH excluding ortho intramolecular Hbond substituents is 1. The number of aromatic hydroxyl groups is 1. The number of aliphatic hydroxyl groups excluding tert-OH is 1. The molecule has 7 heteroatoms. The predicted molar refractivity (Wildman–Crippen MR) is 130 cm³/mol. The lowest BCUT2D eigenvalue weighted by Crippen LogP contribution is -2.31. The maximum absolute atomic E-state index is 13.5. The molecule has 0 fully saturated rings. The van der Waals surface area contributed by atoms with Crippen LogP contribution < -0.4 is 0 Å². The van der Waals surface area contributed by atoms with Gasteiger partial charge < -0.3 is 23.9 Å². The van der Waals surface area contributed by atoms with Crippen LogP contribution in [-0.2, 0) is 22.2 Å². The average Bonchev–Trinajstić information content (AvgIpc) is 3.51. The van der Waals surface area contributed by atoms with Crippen LogP contribution in [0.1, 0.15) is 80.6 Å². The van der Waals surface area contributed by atoms with E-state index in [0.29, 0.717) is 22.5 Å². The van der Waals surface area contributed by atoms with E-state index < -0.39 is 34.3 Å². The van der Waals surface area contributed by atoms with Gasteiger partial charge in [-0.3, -0.25) is 9.59 Å². The van der Waals surface area contributed by atoms with Crippen molar-refractivity contribution >= 4 is 11.7 Å². The fraction of sp³-hybridized carbons (Fsp3) is 0.357. The number of benzene rings is 1. The molecule has 7 nitrogen and oxygen atoms in total. The summed E-state index contributed by atoms with van der Waals surface area (Å²) in [5.74, 6) is -1.16. The van der Waals surface area contributed by atoms with Crippen LogP contribution in [0.3, 0.4) is 0 Å². The lowest BCUT2D eigenvalue weighted by atomic mass is 9.77. The maximum Gasteiger partial charge on any atom is 0.290 e. The molecule has 3 aromatic rings. The molecule has 1 aromatic carbocycles. The van der Waals surface area contributed by atoms with Crippen LogP contribution in [0.25, 0.3) is 0 Å². The molecule has 1 amide bonds. The molecule has 35 heavy (non-hydrogen) atoms. The second-order valence-electron chi connectivity index (χ2n) is 10.9. The first-order valence-corrected chi connectivity index (χ1v) is 11.5.